The first-order valence-corrected chi connectivity index (χ1v) is 5.58. The van der Waals surface area contributed by atoms with Crippen LogP contribution in [-0.4, -0.2) is 18.3 Å². The van der Waals surface area contributed by atoms with Crippen LogP contribution >= 0.6 is 0 Å². The molecule has 0 saturated heterocycles. The van der Waals surface area contributed by atoms with E-state index in [1.165, 1.54) is 25.7 Å². The number of ether oxygens (including phenoxy) is 1. The summed E-state index contributed by atoms with van der Waals surface area (Å²) in [5, 5.41) is 0. The number of hydrogen-bond acceptors (Lipinski definition) is 3. The summed E-state index contributed by atoms with van der Waals surface area (Å²) in [6, 6.07) is 0. The lowest BCUT2D eigenvalue weighted by Crippen LogP contribution is -2.33. The standard InChI is InChI=1S/C11H21NO3/c1-11(2,3)15-10(13)12-14-8-9-6-4-5-7-9/h9H,4-8H2,1-3H3,(H,12,13). The van der Waals surface area contributed by atoms with Crippen LogP contribution < -0.4 is 5.48 Å². The van der Waals surface area contributed by atoms with E-state index in [-0.39, 0.29) is 0 Å². The topological polar surface area (TPSA) is 47.6 Å². The zero-order valence-electron chi connectivity index (χ0n) is 9.84. The number of rotatable bonds is 3. The highest BCUT2D eigenvalue weighted by Gasteiger charge is 2.18. The molecule has 4 nitrogen and oxygen atoms in total. The normalized spacial score (nSPS) is 17.8. The molecule has 0 atom stereocenters. The van der Waals surface area contributed by atoms with Gasteiger partial charge in [-0.05, 0) is 39.5 Å². The van der Waals surface area contributed by atoms with Gasteiger partial charge >= 0.3 is 6.09 Å². The van der Waals surface area contributed by atoms with Gasteiger partial charge in [-0.3, -0.25) is 4.84 Å². The average Bonchev–Trinajstić information content (AvgIpc) is 2.53. The van der Waals surface area contributed by atoms with Crippen LogP contribution in [0.1, 0.15) is 46.5 Å². The van der Waals surface area contributed by atoms with Crippen molar-refractivity contribution in [2.45, 2.75) is 52.1 Å². The van der Waals surface area contributed by atoms with Gasteiger partial charge in [0.05, 0.1) is 6.61 Å². The Morgan fingerprint density at radius 2 is 1.93 bits per heavy atom. The van der Waals surface area contributed by atoms with Gasteiger partial charge in [0.2, 0.25) is 0 Å². The molecule has 0 bridgehead atoms. The Hall–Kier alpha value is -0.770. The molecule has 1 saturated carbocycles. The lowest BCUT2D eigenvalue weighted by Gasteiger charge is -2.19. The van der Waals surface area contributed by atoms with Crippen molar-refractivity contribution in [3.63, 3.8) is 0 Å². The Kier molecular flexibility index (Phi) is 4.39. The molecule has 1 N–H and O–H groups in total. The molecular weight excluding hydrogens is 194 g/mol. The largest absolute Gasteiger partial charge is 0.442 e. The van der Waals surface area contributed by atoms with Crippen molar-refractivity contribution in [1.82, 2.24) is 5.48 Å². The Labute approximate surface area is 91.3 Å². The third-order valence-corrected chi connectivity index (χ3v) is 2.35. The predicted molar refractivity (Wildman–Crippen MR) is 57.3 cm³/mol. The maximum Gasteiger partial charge on any atom is 0.431 e. The molecule has 0 unspecified atom stereocenters. The van der Waals surface area contributed by atoms with E-state index >= 15 is 0 Å². The molecule has 4 heteroatoms. The minimum absolute atomic E-state index is 0.471. The van der Waals surface area contributed by atoms with Crippen molar-refractivity contribution in [3.8, 4) is 0 Å². The van der Waals surface area contributed by atoms with Crippen LogP contribution in [0.25, 0.3) is 0 Å². The zero-order valence-corrected chi connectivity index (χ0v) is 9.84. The van der Waals surface area contributed by atoms with Gasteiger partial charge in [0.15, 0.2) is 0 Å². The lowest BCUT2D eigenvalue weighted by molar-refractivity contribution is -0.0171. The molecule has 0 spiro atoms. The SMILES string of the molecule is CC(C)(C)OC(=O)NOCC1CCCC1. The van der Waals surface area contributed by atoms with Crippen molar-refractivity contribution >= 4 is 6.09 Å². The Balaban J connectivity index is 2.06. The van der Waals surface area contributed by atoms with Gasteiger partial charge in [-0.1, -0.05) is 12.8 Å². The molecular formula is C11H21NO3. The van der Waals surface area contributed by atoms with Gasteiger partial charge in [0.25, 0.3) is 0 Å². The Bertz CT molecular complexity index is 204. The van der Waals surface area contributed by atoms with Gasteiger partial charge in [-0.25, -0.2) is 4.79 Å². The molecule has 1 amide bonds. The first kappa shape index (κ1) is 12.3. The minimum Gasteiger partial charge on any atom is -0.442 e. The number of hydroxylamine groups is 1. The smallest absolute Gasteiger partial charge is 0.431 e. The second-order valence-corrected chi connectivity index (χ2v) is 5.07. The minimum atomic E-state index is -0.513. The summed E-state index contributed by atoms with van der Waals surface area (Å²) in [5.74, 6) is 0.597. The van der Waals surface area contributed by atoms with E-state index in [1.807, 2.05) is 20.8 Å². The highest BCUT2D eigenvalue weighted by Crippen LogP contribution is 2.24. The molecule has 1 aliphatic rings. The fourth-order valence-corrected chi connectivity index (χ4v) is 1.69. The molecule has 0 radical (unpaired) electrons. The van der Waals surface area contributed by atoms with E-state index in [4.69, 9.17) is 9.57 Å². The maximum absolute atomic E-state index is 11.2. The van der Waals surface area contributed by atoms with Crippen LogP contribution in [0.15, 0.2) is 0 Å². The van der Waals surface area contributed by atoms with Crippen molar-refractivity contribution in [2.24, 2.45) is 5.92 Å². The van der Waals surface area contributed by atoms with E-state index in [2.05, 4.69) is 5.48 Å². The zero-order chi connectivity index (χ0) is 11.3. The second-order valence-electron chi connectivity index (χ2n) is 5.07. The van der Waals surface area contributed by atoms with Crippen molar-refractivity contribution in [2.75, 3.05) is 6.61 Å². The highest BCUT2D eigenvalue weighted by molar-refractivity contribution is 5.66. The molecule has 1 fully saturated rings. The first-order valence-electron chi connectivity index (χ1n) is 5.58. The van der Waals surface area contributed by atoms with Crippen LogP contribution in [0, 0.1) is 5.92 Å². The Morgan fingerprint density at radius 3 is 2.47 bits per heavy atom. The number of hydrogen-bond donors (Lipinski definition) is 1. The molecule has 0 aromatic heterocycles. The third-order valence-electron chi connectivity index (χ3n) is 2.35. The van der Waals surface area contributed by atoms with Crippen LogP contribution in [-0.2, 0) is 9.57 Å². The lowest BCUT2D eigenvalue weighted by atomic mass is 10.1. The summed E-state index contributed by atoms with van der Waals surface area (Å²) in [7, 11) is 0. The van der Waals surface area contributed by atoms with Crippen molar-refractivity contribution < 1.29 is 14.4 Å². The summed E-state index contributed by atoms with van der Waals surface area (Å²) in [6.45, 7) is 6.07. The molecule has 1 rings (SSSR count). The van der Waals surface area contributed by atoms with Crippen LogP contribution in [0.2, 0.25) is 0 Å². The monoisotopic (exact) mass is 215 g/mol. The molecule has 0 aromatic rings. The first-order chi connectivity index (χ1) is 6.97. The molecule has 0 heterocycles. The van der Waals surface area contributed by atoms with Crippen molar-refractivity contribution in [1.29, 1.82) is 0 Å². The van der Waals surface area contributed by atoms with Crippen molar-refractivity contribution in [3.05, 3.63) is 0 Å². The summed E-state index contributed by atoms with van der Waals surface area (Å²) in [4.78, 5) is 16.3. The molecule has 15 heavy (non-hydrogen) atoms. The second kappa shape index (κ2) is 5.35. The third kappa shape index (κ3) is 5.62. The maximum atomic E-state index is 11.2. The predicted octanol–water partition coefficient (Wildman–Crippen LogP) is 2.63. The van der Waals surface area contributed by atoms with Crippen LogP contribution in [0.4, 0.5) is 4.79 Å². The summed E-state index contributed by atoms with van der Waals surface area (Å²) < 4.78 is 5.03. The van der Waals surface area contributed by atoms with Crippen LogP contribution in [0.5, 0.6) is 0 Å². The van der Waals surface area contributed by atoms with E-state index < -0.39 is 11.7 Å². The average molecular weight is 215 g/mol. The number of carbonyl (C=O) groups excluding carboxylic acids is 1. The molecule has 1 aliphatic carbocycles. The highest BCUT2D eigenvalue weighted by atomic mass is 16.7. The van der Waals surface area contributed by atoms with E-state index in [0.29, 0.717) is 12.5 Å². The van der Waals surface area contributed by atoms with Gasteiger partial charge in [0, 0.05) is 0 Å². The van der Waals surface area contributed by atoms with E-state index in [0.717, 1.165) is 0 Å². The number of amides is 1. The summed E-state index contributed by atoms with van der Waals surface area (Å²) in [6.07, 6.45) is 4.45. The number of nitrogens with one attached hydrogen (secondary N) is 1. The molecule has 0 aliphatic heterocycles. The van der Waals surface area contributed by atoms with Gasteiger partial charge in [0.1, 0.15) is 5.60 Å². The fourth-order valence-electron chi connectivity index (χ4n) is 1.69. The molecule has 0 aromatic carbocycles. The van der Waals surface area contributed by atoms with Gasteiger partial charge < -0.3 is 4.74 Å². The molecule has 88 valence electrons. The van der Waals surface area contributed by atoms with Crippen LogP contribution in [0.3, 0.4) is 0 Å². The summed E-state index contributed by atoms with van der Waals surface area (Å²) >= 11 is 0. The number of carbonyl (C=O) groups is 1. The Morgan fingerprint density at radius 1 is 1.33 bits per heavy atom. The summed E-state index contributed by atoms with van der Waals surface area (Å²) in [5.41, 5.74) is 1.83. The van der Waals surface area contributed by atoms with Gasteiger partial charge in [-0.2, -0.15) is 5.48 Å². The van der Waals surface area contributed by atoms with E-state index in [1.54, 1.807) is 0 Å². The quantitative estimate of drug-likeness (QED) is 0.736. The van der Waals surface area contributed by atoms with Gasteiger partial charge in [-0.15, -0.1) is 0 Å². The van der Waals surface area contributed by atoms with E-state index in [9.17, 15) is 4.79 Å². The fraction of sp³-hybridized carbons (Fsp3) is 0.909.